The lowest BCUT2D eigenvalue weighted by atomic mass is 10.1. The molecule has 0 fully saturated rings. The normalized spacial score (nSPS) is 13.4. The van der Waals surface area contributed by atoms with Gasteiger partial charge in [0, 0.05) is 6.54 Å². The minimum absolute atomic E-state index is 0.110. The van der Waals surface area contributed by atoms with E-state index >= 15 is 0 Å². The predicted octanol–water partition coefficient (Wildman–Crippen LogP) is 2.15. The summed E-state index contributed by atoms with van der Waals surface area (Å²) in [5, 5.41) is 10.7. The topological polar surface area (TPSA) is 136 Å². The highest BCUT2D eigenvalue weighted by Crippen LogP contribution is 2.28. The second kappa shape index (κ2) is 10.5. The maximum atomic E-state index is 13.2. The Morgan fingerprint density at radius 3 is 2.12 bits per heavy atom. The van der Waals surface area contributed by atoms with Crippen molar-refractivity contribution in [1.29, 1.82) is 0 Å². The summed E-state index contributed by atoms with van der Waals surface area (Å²) < 4.78 is 50.4. The molecule has 0 saturated heterocycles. The minimum Gasteiger partial charge on any atom is -0.466 e. The van der Waals surface area contributed by atoms with Gasteiger partial charge in [-0.3, -0.25) is 9.59 Å². The number of carbonyl (C=O) groups is 2. The van der Waals surface area contributed by atoms with Gasteiger partial charge < -0.3 is 20.3 Å². The molecule has 2 aromatic rings. The molecule has 1 unspecified atom stereocenters. The van der Waals surface area contributed by atoms with E-state index in [4.69, 9.17) is 15.2 Å². The van der Waals surface area contributed by atoms with Crippen molar-refractivity contribution in [1.82, 2.24) is 4.31 Å². The summed E-state index contributed by atoms with van der Waals surface area (Å²) in [4.78, 5) is 22.9. The Morgan fingerprint density at radius 2 is 1.62 bits per heavy atom. The molecule has 174 valence electrons. The first-order valence-electron chi connectivity index (χ1n) is 9.68. The van der Waals surface area contributed by atoms with Crippen LogP contribution >= 0.6 is 0 Å². The number of hydrogen-bond acceptors (Lipinski definition) is 7. The quantitative estimate of drug-likeness (QED) is 0.381. The summed E-state index contributed by atoms with van der Waals surface area (Å²) in [6, 6.07) is 10.5. The number of amides is 1. The maximum absolute atomic E-state index is 13.2. The first-order valence-corrected chi connectivity index (χ1v) is 11.1. The zero-order valence-electron chi connectivity index (χ0n) is 17.7. The Hall–Kier alpha value is -3.02. The van der Waals surface area contributed by atoms with Crippen LogP contribution in [0.15, 0.2) is 53.4 Å². The van der Waals surface area contributed by atoms with Crippen molar-refractivity contribution in [2.24, 2.45) is 5.73 Å². The number of carbonyl (C=O) groups excluding carboxylic acids is 2. The molecular formula is C21H25FN2O7S. The Balaban J connectivity index is 2.29. The number of halogens is 1. The van der Waals surface area contributed by atoms with Gasteiger partial charge in [0.05, 0.1) is 24.3 Å². The average Bonchev–Trinajstić information content (AvgIpc) is 2.69. The van der Waals surface area contributed by atoms with Gasteiger partial charge in [-0.05, 0) is 62.4 Å². The van der Waals surface area contributed by atoms with Crippen LogP contribution in [0.2, 0.25) is 0 Å². The number of benzene rings is 2. The second-order valence-electron chi connectivity index (χ2n) is 7.02. The first kappa shape index (κ1) is 25.2. The van der Waals surface area contributed by atoms with Crippen LogP contribution in [0.4, 0.5) is 4.39 Å². The lowest BCUT2D eigenvalue weighted by Gasteiger charge is -2.35. The monoisotopic (exact) mass is 468 g/mol. The highest BCUT2D eigenvalue weighted by molar-refractivity contribution is 7.89. The van der Waals surface area contributed by atoms with E-state index in [2.05, 4.69) is 0 Å². The SMILES string of the molecule is CCOC(=O)CCN(C(C)(O)CC(N)=O)S(=O)(=O)c1ccc(Oc2ccc(F)cc2)cc1. The van der Waals surface area contributed by atoms with E-state index in [-0.39, 0.29) is 23.7 Å². The zero-order chi connectivity index (χ0) is 23.9. The number of primary amides is 1. The third kappa shape index (κ3) is 6.74. The van der Waals surface area contributed by atoms with Gasteiger partial charge in [-0.25, -0.2) is 12.8 Å². The first-order chi connectivity index (χ1) is 15.0. The molecule has 0 aromatic heterocycles. The van der Waals surface area contributed by atoms with E-state index in [1.54, 1.807) is 6.92 Å². The van der Waals surface area contributed by atoms with Crippen molar-refractivity contribution in [3.05, 3.63) is 54.3 Å². The average molecular weight is 469 g/mol. The number of sulfonamides is 1. The molecular weight excluding hydrogens is 443 g/mol. The van der Waals surface area contributed by atoms with Gasteiger partial charge in [0.2, 0.25) is 15.9 Å². The third-order valence-electron chi connectivity index (χ3n) is 4.33. The fourth-order valence-electron chi connectivity index (χ4n) is 2.91. The molecule has 2 aromatic carbocycles. The van der Waals surface area contributed by atoms with Gasteiger partial charge in [0.1, 0.15) is 23.0 Å². The molecule has 3 N–H and O–H groups in total. The largest absolute Gasteiger partial charge is 0.466 e. The van der Waals surface area contributed by atoms with E-state index < -0.39 is 46.4 Å². The number of ether oxygens (including phenoxy) is 2. The van der Waals surface area contributed by atoms with Crippen molar-refractivity contribution in [3.63, 3.8) is 0 Å². The van der Waals surface area contributed by atoms with Crippen LogP contribution in [-0.4, -0.2) is 48.6 Å². The molecule has 1 atom stereocenters. The van der Waals surface area contributed by atoms with Gasteiger partial charge in [-0.1, -0.05) is 0 Å². The van der Waals surface area contributed by atoms with Crippen molar-refractivity contribution in [2.75, 3.05) is 13.2 Å². The molecule has 0 spiro atoms. The van der Waals surface area contributed by atoms with E-state index in [0.717, 1.165) is 6.92 Å². The maximum Gasteiger partial charge on any atom is 0.307 e. The number of esters is 1. The van der Waals surface area contributed by atoms with Gasteiger partial charge in [-0.15, -0.1) is 0 Å². The van der Waals surface area contributed by atoms with E-state index in [1.807, 2.05) is 0 Å². The van der Waals surface area contributed by atoms with Gasteiger partial charge >= 0.3 is 5.97 Å². The lowest BCUT2D eigenvalue weighted by molar-refractivity contribution is -0.144. The fourth-order valence-corrected chi connectivity index (χ4v) is 4.56. The summed E-state index contributed by atoms with van der Waals surface area (Å²) in [6.07, 6.45) is -1.02. The van der Waals surface area contributed by atoms with Crippen LogP contribution in [0.5, 0.6) is 11.5 Å². The van der Waals surface area contributed by atoms with E-state index in [0.29, 0.717) is 10.1 Å². The molecule has 0 aliphatic carbocycles. The molecule has 1 amide bonds. The highest BCUT2D eigenvalue weighted by Gasteiger charge is 2.40. The molecule has 0 bridgehead atoms. The molecule has 0 aliphatic heterocycles. The molecule has 0 radical (unpaired) electrons. The number of nitrogens with two attached hydrogens (primary N) is 1. The predicted molar refractivity (Wildman–Crippen MR) is 112 cm³/mol. The lowest BCUT2D eigenvalue weighted by Crippen LogP contribution is -2.52. The van der Waals surface area contributed by atoms with Gasteiger partial charge in [0.15, 0.2) is 0 Å². The Bertz CT molecular complexity index is 1040. The third-order valence-corrected chi connectivity index (χ3v) is 6.36. The standard InChI is InChI=1S/C21H25FN2O7S/c1-3-30-20(26)12-13-24(21(2,27)14-19(23)25)32(28,29)18-10-8-17(9-11-18)31-16-6-4-15(22)5-7-16/h4-11,27H,3,12-14H2,1-2H3,(H2,23,25). The summed E-state index contributed by atoms with van der Waals surface area (Å²) in [6.45, 7) is 2.39. The van der Waals surface area contributed by atoms with Crippen LogP contribution in [-0.2, 0) is 24.3 Å². The fraction of sp³-hybridized carbons (Fsp3) is 0.333. The summed E-state index contributed by atoms with van der Waals surface area (Å²) in [5.41, 5.74) is 2.97. The minimum atomic E-state index is -4.35. The van der Waals surface area contributed by atoms with Crippen LogP contribution in [0.25, 0.3) is 0 Å². The van der Waals surface area contributed by atoms with Crippen LogP contribution in [0, 0.1) is 5.82 Å². The van der Waals surface area contributed by atoms with Crippen LogP contribution < -0.4 is 10.5 Å². The molecule has 0 saturated carbocycles. The van der Waals surface area contributed by atoms with Crippen molar-refractivity contribution in [2.45, 2.75) is 37.3 Å². The summed E-state index contributed by atoms with van der Waals surface area (Å²) >= 11 is 0. The zero-order valence-corrected chi connectivity index (χ0v) is 18.5. The van der Waals surface area contributed by atoms with Gasteiger partial charge in [-0.2, -0.15) is 4.31 Å². The molecule has 2 rings (SSSR count). The number of rotatable bonds is 11. The molecule has 0 aliphatic rings. The number of hydrogen-bond donors (Lipinski definition) is 2. The molecule has 0 heterocycles. The number of aliphatic hydroxyl groups is 1. The Kier molecular flexibility index (Phi) is 8.31. The smallest absolute Gasteiger partial charge is 0.307 e. The summed E-state index contributed by atoms with van der Waals surface area (Å²) in [5.74, 6) is -1.37. The highest BCUT2D eigenvalue weighted by atomic mass is 32.2. The van der Waals surface area contributed by atoms with E-state index in [1.165, 1.54) is 48.5 Å². The van der Waals surface area contributed by atoms with Crippen LogP contribution in [0.1, 0.15) is 26.7 Å². The Labute approximate surface area is 185 Å². The molecule has 11 heteroatoms. The van der Waals surface area contributed by atoms with Crippen LogP contribution in [0.3, 0.4) is 0 Å². The summed E-state index contributed by atoms with van der Waals surface area (Å²) in [7, 11) is -4.35. The van der Waals surface area contributed by atoms with Gasteiger partial charge in [0.25, 0.3) is 0 Å². The van der Waals surface area contributed by atoms with Crippen molar-refractivity contribution in [3.8, 4) is 11.5 Å². The molecule has 32 heavy (non-hydrogen) atoms. The van der Waals surface area contributed by atoms with Crippen molar-refractivity contribution < 1.29 is 37.0 Å². The Morgan fingerprint density at radius 1 is 1.09 bits per heavy atom. The van der Waals surface area contributed by atoms with Crippen molar-refractivity contribution >= 4 is 21.9 Å². The molecule has 9 nitrogen and oxygen atoms in total. The second-order valence-corrected chi connectivity index (χ2v) is 8.88. The number of nitrogens with zero attached hydrogens (tertiary/aromatic N) is 1. The van der Waals surface area contributed by atoms with E-state index in [9.17, 15) is 27.5 Å².